The van der Waals surface area contributed by atoms with Crippen LogP contribution in [0.4, 0.5) is 0 Å². The molecule has 0 radical (unpaired) electrons. The summed E-state index contributed by atoms with van der Waals surface area (Å²) in [5.41, 5.74) is 5.47. The van der Waals surface area contributed by atoms with Gasteiger partial charge in [0, 0.05) is 18.5 Å². The number of likely N-dealkylation sites (tertiary alicyclic amines) is 1. The second-order valence-corrected chi connectivity index (χ2v) is 5.53. The molecule has 1 unspecified atom stereocenters. The Hall–Kier alpha value is -0.120. The molecule has 0 aromatic carbocycles. The Kier molecular flexibility index (Phi) is 3.06. The van der Waals surface area contributed by atoms with Crippen molar-refractivity contribution in [1.29, 1.82) is 0 Å². The highest BCUT2D eigenvalue weighted by Gasteiger charge is 2.52. The molecule has 2 rings (SSSR count). The van der Waals surface area contributed by atoms with Gasteiger partial charge in [-0.05, 0) is 45.7 Å². The van der Waals surface area contributed by atoms with Crippen molar-refractivity contribution in [2.45, 2.75) is 44.1 Å². The summed E-state index contributed by atoms with van der Waals surface area (Å²) in [6, 6.07) is 0. The monoisotopic (exact) mass is 212 g/mol. The zero-order valence-corrected chi connectivity index (χ0v) is 9.84. The van der Waals surface area contributed by atoms with Crippen LogP contribution in [-0.4, -0.2) is 42.3 Å². The fourth-order valence-electron chi connectivity index (χ4n) is 3.25. The number of nitrogens with two attached hydrogens (primary N) is 1. The topological polar surface area (TPSA) is 49.5 Å². The van der Waals surface area contributed by atoms with Gasteiger partial charge in [-0.25, -0.2) is 0 Å². The lowest BCUT2D eigenvalue weighted by molar-refractivity contribution is -0.130. The first kappa shape index (κ1) is 11.4. The predicted molar refractivity (Wildman–Crippen MR) is 61.6 cm³/mol. The summed E-state index contributed by atoms with van der Waals surface area (Å²) in [6.45, 7) is 2.79. The summed E-state index contributed by atoms with van der Waals surface area (Å²) in [7, 11) is 2.14. The number of nitrogens with zero attached hydrogens (tertiary/aromatic N) is 1. The summed E-state index contributed by atoms with van der Waals surface area (Å²) in [5.74, 6) is 0. The van der Waals surface area contributed by atoms with Crippen molar-refractivity contribution in [3.05, 3.63) is 0 Å². The van der Waals surface area contributed by atoms with E-state index in [0.717, 1.165) is 45.2 Å². The van der Waals surface area contributed by atoms with Gasteiger partial charge in [0.05, 0.1) is 5.60 Å². The number of rotatable bonds is 2. The first-order chi connectivity index (χ1) is 7.12. The molecule has 1 aliphatic carbocycles. The second kappa shape index (κ2) is 4.04. The lowest BCUT2D eigenvalue weighted by Gasteiger charge is -2.53. The van der Waals surface area contributed by atoms with Gasteiger partial charge in [-0.1, -0.05) is 6.42 Å². The lowest BCUT2D eigenvalue weighted by atomic mass is 9.56. The van der Waals surface area contributed by atoms with E-state index in [1.54, 1.807) is 0 Å². The van der Waals surface area contributed by atoms with Gasteiger partial charge in [-0.3, -0.25) is 0 Å². The molecule has 1 saturated heterocycles. The van der Waals surface area contributed by atoms with Gasteiger partial charge in [0.2, 0.25) is 0 Å². The smallest absolute Gasteiger partial charge is 0.0728 e. The van der Waals surface area contributed by atoms with Crippen molar-refractivity contribution >= 4 is 0 Å². The zero-order chi connectivity index (χ0) is 10.9. The summed E-state index contributed by atoms with van der Waals surface area (Å²) in [4.78, 5) is 2.32. The first-order valence-electron chi connectivity index (χ1n) is 6.23. The summed E-state index contributed by atoms with van der Waals surface area (Å²) in [5, 5.41) is 10.8. The average Bonchev–Trinajstić information content (AvgIpc) is 2.29. The fraction of sp³-hybridized carbons (Fsp3) is 1.00. The quantitative estimate of drug-likeness (QED) is 0.717. The Labute approximate surface area is 92.6 Å². The second-order valence-electron chi connectivity index (χ2n) is 5.53. The van der Waals surface area contributed by atoms with Crippen molar-refractivity contribution in [3.63, 3.8) is 0 Å². The third kappa shape index (κ3) is 1.81. The molecule has 88 valence electrons. The normalized spacial score (nSPS) is 37.0. The van der Waals surface area contributed by atoms with Gasteiger partial charge in [0.15, 0.2) is 0 Å². The molecule has 0 aromatic rings. The van der Waals surface area contributed by atoms with Gasteiger partial charge in [0.1, 0.15) is 0 Å². The molecule has 1 aliphatic heterocycles. The molecule has 1 atom stereocenters. The standard InChI is InChI=1S/C12H24N2O/c1-14-8-3-6-12(15,7-9-14)11(10-13)4-2-5-11/h15H,2-10,13H2,1H3. The van der Waals surface area contributed by atoms with E-state index in [-0.39, 0.29) is 5.41 Å². The number of aliphatic hydroxyl groups is 1. The number of hydrogen-bond donors (Lipinski definition) is 2. The lowest BCUT2D eigenvalue weighted by Crippen LogP contribution is -2.56. The molecule has 0 aromatic heterocycles. The molecule has 0 amide bonds. The minimum atomic E-state index is -0.481. The van der Waals surface area contributed by atoms with E-state index < -0.39 is 5.60 Å². The van der Waals surface area contributed by atoms with Crippen LogP contribution in [0.15, 0.2) is 0 Å². The summed E-state index contributed by atoms with van der Waals surface area (Å²) >= 11 is 0. The van der Waals surface area contributed by atoms with E-state index in [9.17, 15) is 5.11 Å². The van der Waals surface area contributed by atoms with E-state index in [4.69, 9.17) is 5.73 Å². The van der Waals surface area contributed by atoms with Crippen LogP contribution in [0.2, 0.25) is 0 Å². The van der Waals surface area contributed by atoms with Crippen LogP contribution in [0, 0.1) is 5.41 Å². The Morgan fingerprint density at radius 1 is 1.13 bits per heavy atom. The first-order valence-corrected chi connectivity index (χ1v) is 6.23. The predicted octanol–water partition coefficient (Wildman–Crippen LogP) is 0.962. The van der Waals surface area contributed by atoms with Gasteiger partial charge >= 0.3 is 0 Å². The summed E-state index contributed by atoms with van der Waals surface area (Å²) < 4.78 is 0. The molecule has 3 N–H and O–H groups in total. The number of hydrogen-bond acceptors (Lipinski definition) is 3. The van der Waals surface area contributed by atoms with Gasteiger partial charge < -0.3 is 15.7 Å². The summed E-state index contributed by atoms with van der Waals surface area (Å²) in [6.07, 6.45) is 6.45. The van der Waals surface area contributed by atoms with Crippen LogP contribution >= 0.6 is 0 Å². The van der Waals surface area contributed by atoms with Crippen molar-refractivity contribution in [2.24, 2.45) is 11.1 Å². The van der Waals surface area contributed by atoms with E-state index in [1.807, 2.05) is 0 Å². The van der Waals surface area contributed by atoms with Gasteiger partial charge in [-0.15, -0.1) is 0 Å². The van der Waals surface area contributed by atoms with Crippen molar-refractivity contribution < 1.29 is 5.11 Å². The minimum Gasteiger partial charge on any atom is -0.389 e. The van der Waals surface area contributed by atoms with Crippen LogP contribution in [-0.2, 0) is 0 Å². The average molecular weight is 212 g/mol. The van der Waals surface area contributed by atoms with Crippen molar-refractivity contribution in [2.75, 3.05) is 26.7 Å². The van der Waals surface area contributed by atoms with Gasteiger partial charge in [0.25, 0.3) is 0 Å². The molecule has 2 fully saturated rings. The molecule has 0 spiro atoms. The van der Waals surface area contributed by atoms with Crippen LogP contribution in [0.5, 0.6) is 0 Å². The highest BCUT2D eigenvalue weighted by atomic mass is 16.3. The molecule has 0 bridgehead atoms. The van der Waals surface area contributed by atoms with Crippen LogP contribution in [0.25, 0.3) is 0 Å². The molecular formula is C12H24N2O. The highest BCUT2D eigenvalue weighted by Crippen LogP contribution is 2.52. The van der Waals surface area contributed by atoms with E-state index in [1.165, 1.54) is 6.42 Å². The maximum atomic E-state index is 10.8. The minimum absolute atomic E-state index is 0.0538. The molecular weight excluding hydrogens is 188 g/mol. The molecule has 15 heavy (non-hydrogen) atoms. The largest absolute Gasteiger partial charge is 0.389 e. The third-order valence-electron chi connectivity index (χ3n) is 4.73. The Morgan fingerprint density at radius 3 is 2.40 bits per heavy atom. The molecule has 3 heteroatoms. The highest BCUT2D eigenvalue weighted by molar-refractivity contribution is 5.05. The van der Waals surface area contributed by atoms with E-state index >= 15 is 0 Å². The zero-order valence-electron chi connectivity index (χ0n) is 9.84. The van der Waals surface area contributed by atoms with Gasteiger partial charge in [-0.2, -0.15) is 0 Å². The SMILES string of the molecule is CN1CCCC(O)(C2(CN)CCC2)CC1. The maximum Gasteiger partial charge on any atom is 0.0728 e. The van der Waals surface area contributed by atoms with Crippen LogP contribution < -0.4 is 5.73 Å². The van der Waals surface area contributed by atoms with Crippen LogP contribution in [0.3, 0.4) is 0 Å². The van der Waals surface area contributed by atoms with E-state index in [0.29, 0.717) is 6.54 Å². The van der Waals surface area contributed by atoms with Crippen LogP contribution in [0.1, 0.15) is 38.5 Å². The molecule has 1 saturated carbocycles. The molecule has 3 nitrogen and oxygen atoms in total. The van der Waals surface area contributed by atoms with Crippen molar-refractivity contribution in [1.82, 2.24) is 4.90 Å². The van der Waals surface area contributed by atoms with Crippen molar-refractivity contribution in [3.8, 4) is 0 Å². The molecule has 2 aliphatic rings. The molecule has 1 heterocycles. The third-order valence-corrected chi connectivity index (χ3v) is 4.73. The van der Waals surface area contributed by atoms with E-state index in [2.05, 4.69) is 11.9 Å². The Balaban J connectivity index is 2.10. The Bertz CT molecular complexity index is 222. The maximum absolute atomic E-state index is 10.8. The fourth-order valence-corrected chi connectivity index (χ4v) is 3.25. The Morgan fingerprint density at radius 2 is 1.87 bits per heavy atom.